The van der Waals surface area contributed by atoms with E-state index in [-0.39, 0.29) is 5.54 Å². The van der Waals surface area contributed by atoms with Crippen LogP contribution in [0.25, 0.3) is 33.1 Å². The van der Waals surface area contributed by atoms with Gasteiger partial charge in [0, 0.05) is 46.8 Å². The van der Waals surface area contributed by atoms with E-state index in [1.54, 1.807) is 12.5 Å². The lowest BCUT2D eigenvalue weighted by Gasteiger charge is -2.47. The molecule has 1 aliphatic heterocycles. The molecule has 1 aliphatic rings. The summed E-state index contributed by atoms with van der Waals surface area (Å²) in [4.78, 5) is 15.9. The topological polar surface area (TPSA) is 102 Å². The molecule has 10 nitrogen and oxygen atoms in total. The van der Waals surface area contributed by atoms with Gasteiger partial charge in [-0.1, -0.05) is 17.3 Å². The number of aromatic nitrogens is 8. The Balaban J connectivity index is 1.13. The van der Waals surface area contributed by atoms with Gasteiger partial charge in [-0.2, -0.15) is 5.10 Å². The largest absolute Gasteiger partial charge is 0.340 e. The summed E-state index contributed by atoms with van der Waals surface area (Å²) in [6.45, 7) is 9.32. The summed E-state index contributed by atoms with van der Waals surface area (Å²) in [6, 6.07) is 18.6. The Morgan fingerprint density at radius 3 is 2.70 bits per heavy atom. The van der Waals surface area contributed by atoms with Crippen LogP contribution in [-0.4, -0.2) is 63.3 Å². The zero-order chi connectivity index (χ0) is 27.3. The summed E-state index contributed by atoms with van der Waals surface area (Å²) in [6.07, 6.45) is 7.31. The van der Waals surface area contributed by atoms with Crippen LogP contribution in [0, 0.1) is 0 Å². The standard InChI is InChI=1S/C30H30N10/c1-30(2,3)38-16-24(17-38)39-18-27(36-37-39)20-7-9-26-25(13-20)29(33-19-32-26)35-22-8-10-28-21(12-22)14-34-40(28)15-23-6-4-5-11-31-23/h4-14,18-19,24H,15-17H2,1-3H3,(H,32,33,35). The molecule has 10 heteroatoms. The molecule has 200 valence electrons. The number of likely N-dealkylation sites (tertiary alicyclic amines) is 1. The predicted octanol–water partition coefficient (Wildman–Crippen LogP) is 5.08. The molecule has 40 heavy (non-hydrogen) atoms. The van der Waals surface area contributed by atoms with E-state index in [0.717, 1.165) is 63.4 Å². The molecule has 1 saturated heterocycles. The van der Waals surface area contributed by atoms with E-state index in [2.05, 4.69) is 79.5 Å². The summed E-state index contributed by atoms with van der Waals surface area (Å²) in [7, 11) is 0. The summed E-state index contributed by atoms with van der Waals surface area (Å²) in [5.74, 6) is 0.735. The van der Waals surface area contributed by atoms with Crippen molar-refractivity contribution in [1.29, 1.82) is 0 Å². The van der Waals surface area contributed by atoms with Crippen LogP contribution in [-0.2, 0) is 6.54 Å². The Morgan fingerprint density at radius 1 is 0.975 bits per heavy atom. The van der Waals surface area contributed by atoms with Crippen LogP contribution in [0.3, 0.4) is 0 Å². The molecule has 0 saturated carbocycles. The van der Waals surface area contributed by atoms with E-state index in [1.807, 2.05) is 58.2 Å². The molecule has 6 aromatic rings. The monoisotopic (exact) mass is 530 g/mol. The number of pyridine rings is 1. The lowest BCUT2D eigenvalue weighted by Crippen LogP contribution is -2.56. The van der Waals surface area contributed by atoms with E-state index in [0.29, 0.717) is 12.6 Å². The van der Waals surface area contributed by atoms with Gasteiger partial charge in [0.1, 0.15) is 17.8 Å². The Hall–Kier alpha value is -4.70. The van der Waals surface area contributed by atoms with Gasteiger partial charge in [-0.15, -0.1) is 5.10 Å². The number of rotatable bonds is 6. The Labute approximate surface area is 231 Å². The van der Waals surface area contributed by atoms with Crippen LogP contribution in [0.15, 0.2) is 79.5 Å². The van der Waals surface area contributed by atoms with Crippen molar-refractivity contribution in [3.8, 4) is 11.3 Å². The lowest BCUT2D eigenvalue weighted by atomic mass is 9.98. The van der Waals surface area contributed by atoms with Gasteiger partial charge in [0.25, 0.3) is 0 Å². The first-order valence-electron chi connectivity index (χ1n) is 13.5. The second-order valence-electron chi connectivity index (χ2n) is 11.3. The quantitative estimate of drug-likeness (QED) is 0.318. The summed E-state index contributed by atoms with van der Waals surface area (Å²) in [5.41, 5.74) is 5.80. The van der Waals surface area contributed by atoms with Gasteiger partial charge in [0.15, 0.2) is 0 Å². The molecule has 0 radical (unpaired) electrons. The molecular weight excluding hydrogens is 500 g/mol. The fraction of sp³-hybridized carbons (Fsp3) is 0.267. The molecule has 1 N–H and O–H groups in total. The number of anilines is 2. The zero-order valence-corrected chi connectivity index (χ0v) is 22.7. The summed E-state index contributed by atoms with van der Waals surface area (Å²) < 4.78 is 3.96. The van der Waals surface area contributed by atoms with Crippen molar-refractivity contribution in [2.75, 3.05) is 18.4 Å². The molecular formula is C30H30N10. The van der Waals surface area contributed by atoms with Crippen LogP contribution in [0.1, 0.15) is 32.5 Å². The summed E-state index contributed by atoms with van der Waals surface area (Å²) >= 11 is 0. The maximum absolute atomic E-state index is 4.58. The van der Waals surface area contributed by atoms with Gasteiger partial charge in [-0.3, -0.25) is 14.6 Å². The van der Waals surface area contributed by atoms with Crippen LogP contribution >= 0.6 is 0 Å². The number of hydrogen-bond acceptors (Lipinski definition) is 8. The van der Waals surface area contributed by atoms with Crippen molar-refractivity contribution in [3.63, 3.8) is 0 Å². The molecule has 0 aliphatic carbocycles. The van der Waals surface area contributed by atoms with Crippen molar-refractivity contribution in [2.45, 2.75) is 38.9 Å². The molecule has 7 rings (SSSR count). The van der Waals surface area contributed by atoms with Gasteiger partial charge in [-0.05, 0) is 63.2 Å². The number of benzene rings is 2. The molecule has 0 spiro atoms. The Morgan fingerprint density at radius 2 is 1.88 bits per heavy atom. The van der Waals surface area contributed by atoms with Gasteiger partial charge in [-0.25, -0.2) is 14.6 Å². The normalized spacial score (nSPS) is 14.6. The van der Waals surface area contributed by atoms with Gasteiger partial charge in [0.2, 0.25) is 0 Å². The molecule has 4 aromatic heterocycles. The highest BCUT2D eigenvalue weighted by Crippen LogP contribution is 2.31. The number of nitrogens with one attached hydrogen (secondary N) is 1. The number of fused-ring (bicyclic) bond motifs is 2. The minimum atomic E-state index is 0.173. The molecule has 1 fully saturated rings. The Bertz CT molecular complexity index is 1810. The van der Waals surface area contributed by atoms with Crippen molar-refractivity contribution in [3.05, 3.63) is 85.2 Å². The fourth-order valence-corrected chi connectivity index (χ4v) is 5.15. The van der Waals surface area contributed by atoms with Crippen molar-refractivity contribution < 1.29 is 0 Å². The number of hydrogen-bond donors (Lipinski definition) is 1. The molecule has 0 atom stereocenters. The molecule has 2 aromatic carbocycles. The third-order valence-corrected chi connectivity index (χ3v) is 7.57. The average molecular weight is 531 g/mol. The highest BCUT2D eigenvalue weighted by atomic mass is 15.5. The van der Waals surface area contributed by atoms with Crippen LogP contribution in [0.4, 0.5) is 11.5 Å². The maximum Gasteiger partial charge on any atom is 0.141 e. The Kier molecular flexibility index (Phi) is 5.78. The summed E-state index contributed by atoms with van der Waals surface area (Å²) in [5, 5.41) is 19.0. The van der Waals surface area contributed by atoms with Crippen LogP contribution in [0.2, 0.25) is 0 Å². The van der Waals surface area contributed by atoms with Gasteiger partial charge < -0.3 is 5.32 Å². The first-order valence-corrected chi connectivity index (χ1v) is 13.5. The van der Waals surface area contributed by atoms with E-state index in [1.165, 1.54) is 0 Å². The molecule has 0 unspecified atom stereocenters. The number of nitrogens with zero attached hydrogens (tertiary/aromatic N) is 9. The smallest absolute Gasteiger partial charge is 0.141 e. The van der Waals surface area contributed by atoms with E-state index in [4.69, 9.17) is 0 Å². The van der Waals surface area contributed by atoms with E-state index in [9.17, 15) is 0 Å². The average Bonchev–Trinajstić information content (AvgIpc) is 3.55. The first kappa shape index (κ1) is 24.3. The van der Waals surface area contributed by atoms with Crippen molar-refractivity contribution >= 4 is 33.3 Å². The third kappa shape index (κ3) is 4.56. The SMILES string of the molecule is CC(C)(C)N1CC(n2cc(-c3ccc4ncnc(Nc5ccc6c(cnn6Cc6ccccn6)c5)c4c3)nn2)C1. The second kappa shape index (κ2) is 9.49. The minimum absolute atomic E-state index is 0.173. The third-order valence-electron chi connectivity index (χ3n) is 7.57. The first-order chi connectivity index (χ1) is 19.4. The van der Waals surface area contributed by atoms with E-state index >= 15 is 0 Å². The van der Waals surface area contributed by atoms with Crippen LogP contribution in [0.5, 0.6) is 0 Å². The highest BCUT2D eigenvalue weighted by molar-refractivity contribution is 5.94. The van der Waals surface area contributed by atoms with E-state index < -0.39 is 0 Å². The van der Waals surface area contributed by atoms with Crippen molar-refractivity contribution in [1.82, 2.24) is 44.6 Å². The predicted molar refractivity (Wildman–Crippen MR) is 155 cm³/mol. The van der Waals surface area contributed by atoms with Crippen LogP contribution < -0.4 is 5.32 Å². The second-order valence-corrected chi connectivity index (χ2v) is 11.3. The molecule has 0 bridgehead atoms. The fourth-order valence-electron chi connectivity index (χ4n) is 5.15. The minimum Gasteiger partial charge on any atom is -0.340 e. The highest BCUT2D eigenvalue weighted by Gasteiger charge is 2.36. The van der Waals surface area contributed by atoms with Gasteiger partial charge in [0.05, 0.1) is 41.7 Å². The van der Waals surface area contributed by atoms with Crippen molar-refractivity contribution in [2.24, 2.45) is 0 Å². The molecule has 5 heterocycles. The lowest BCUT2D eigenvalue weighted by molar-refractivity contribution is 0.0148. The van der Waals surface area contributed by atoms with Gasteiger partial charge >= 0.3 is 0 Å². The maximum atomic E-state index is 4.58. The zero-order valence-electron chi connectivity index (χ0n) is 22.7. The molecule has 0 amide bonds.